The van der Waals surface area contributed by atoms with Gasteiger partial charge in [-0.3, -0.25) is 14.7 Å². The van der Waals surface area contributed by atoms with Gasteiger partial charge in [-0.15, -0.1) is 0 Å². The van der Waals surface area contributed by atoms with Crippen molar-refractivity contribution in [3.05, 3.63) is 65.6 Å². The zero-order valence-corrected chi connectivity index (χ0v) is 22.3. The number of anilines is 2. The first-order valence-electron chi connectivity index (χ1n) is 13.0. The number of pyridine rings is 3. The van der Waals surface area contributed by atoms with Gasteiger partial charge in [-0.05, 0) is 81.5 Å². The van der Waals surface area contributed by atoms with Crippen LogP contribution in [0.1, 0.15) is 56.4 Å². The summed E-state index contributed by atoms with van der Waals surface area (Å²) in [5.74, 6) is 1.03. The lowest BCUT2D eigenvalue weighted by Crippen LogP contribution is -2.47. The molecule has 1 saturated carbocycles. The maximum Gasteiger partial charge on any atom is 0.421 e. The monoisotopic (exact) mass is 525 g/mol. The van der Waals surface area contributed by atoms with E-state index >= 15 is 0 Å². The van der Waals surface area contributed by atoms with Crippen molar-refractivity contribution >= 4 is 23.6 Å². The standard InChI is InChI=1S/C29H31N7O3/c1-29(2,3)39-28(38)36(25-12-19(16-30)6-8-32-25)26-15-22(20-4-5-20)14-24(34-26)21-7-9-31-23(13-21)17-35-11-10-33-27(37)18-35/h6-9,12-15,20H,4-5,10-11,17-18H2,1-3H3,(H,33,37). The van der Waals surface area contributed by atoms with E-state index in [2.05, 4.69) is 32.3 Å². The Kier molecular flexibility index (Phi) is 7.26. The Balaban J connectivity index is 1.55. The van der Waals surface area contributed by atoms with E-state index in [4.69, 9.17) is 9.72 Å². The van der Waals surface area contributed by atoms with Crippen molar-refractivity contribution < 1.29 is 14.3 Å². The van der Waals surface area contributed by atoms with Crippen molar-refractivity contribution in [1.29, 1.82) is 5.26 Å². The molecule has 0 bridgehead atoms. The molecule has 0 atom stereocenters. The fourth-order valence-corrected chi connectivity index (χ4v) is 4.45. The van der Waals surface area contributed by atoms with E-state index in [1.54, 1.807) is 39.1 Å². The molecular formula is C29H31N7O3. The van der Waals surface area contributed by atoms with Crippen LogP contribution in [0, 0.1) is 11.3 Å². The van der Waals surface area contributed by atoms with E-state index in [1.807, 2.05) is 18.2 Å². The number of hydrogen-bond acceptors (Lipinski definition) is 8. The number of hydrogen-bond donors (Lipinski definition) is 1. The summed E-state index contributed by atoms with van der Waals surface area (Å²) in [7, 11) is 0. The third kappa shape index (κ3) is 6.56. The molecule has 5 rings (SSSR count). The first-order valence-corrected chi connectivity index (χ1v) is 13.0. The second kappa shape index (κ2) is 10.8. The van der Waals surface area contributed by atoms with Gasteiger partial charge in [-0.2, -0.15) is 5.26 Å². The Morgan fingerprint density at radius 2 is 1.95 bits per heavy atom. The molecule has 1 N–H and O–H groups in total. The highest BCUT2D eigenvalue weighted by atomic mass is 16.6. The van der Waals surface area contributed by atoms with E-state index in [9.17, 15) is 14.9 Å². The van der Waals surface area contributed by atoms with Crippen molar-refractivity contribution in [1.82, 2.24) is 25.2 Å². The van der Waals surface area contributed by atoms with Crippen LogP contribution in [0.15, 0.2) is 48.8 Å². The number of ether oxygens (including phenoxy) is 1. The Morgan fingerprint density at radius 3 is 2.67 bits per heavy atom. The normalized spacial score (nSPS) is 15.8. The van der Waals surface area contributed by atoms with E-state index in [0.717, 1.165) is 36.2 Å². The number of nitrogens with zero attached hydrogens (tertiary/aromatic N) is 6. The summed E-state index contributed by atoms with van der Waals surface area (Å²) in [4.78, 5) is 42.5. The van der Waals surface area contributed by atoms with Crippen LogP contribution in [0.3, 0.4) is 0 Å². The topological polar surface area (TPSA) is 124 Å². The highest BCUT2D eigenvalue weighted by Crippen LogP contribution is 2.43. The Bertz CT molecular complexity index is 1440. The number of rotatable bonds is 6. The molecule has 0 aromatic carbocycles. The molecule has 0 spiro atoms. The highest BCUT2D eigenvalue weighted by Gasteiger charge is 2.30. The molecule has 39 heavy (non-hydrogen) atoms. The molecule has 0 radical (unpaired) electrons. The van der Waals surface area contributed by atoms with Gasteiger partial charge in [0, 0.05) is 37.6 Å². The molecule has 3 aromatic heterocycles. The van der Waals surface area contributed by atoms with Crippen LogP contribution in [0.2, 0.25) is 0 Å². The van der Waals surface area contributed by atoms with Crippen molar-refractivity contribution in [2.75, 3.05) is 24.5 Å². The first kappa shape index (κ1) is 26.3. The zero-order chi connectivity index (χ0) is 27.6. The van der Waals surface area contributed by atoms with Gasteiger partial charge in [0.15, 0.2) is 0 Å². The summed E-state index contributed by atoms with van der Waals surface area (Å²) < 4.78 is 5.73. The number of nitrogens with one attached hydrogen (secondary N) is 1. The lowest BCUT2D eigenvalue weighted by atomic mass is 10.1. The average molecular weight is 526 g/mol. The molecule has 1 aliphatic heterocycles. The zero-order valence-electron chi connectivity index (χ0n) is 22.3. The summed E-state index contributed by atoms with van der Waals surface area (Å²) in [6.07, 6.45) is 4.73. The Hall–Kier alpha value is -4.36. The van der Waals surface area contributed by atoms with Gasteiger partial charge >= 0.3 is 6.09 Å². The van der Waals surface area contributed by atoms with Crippen molar-refractivity contribution in [2.24, 2.45) is 0 Å². The van der Waals surface area contributed by atoms with Gasteiger partial charge in [-0.1, -0.05) is 0 Å². The van der Waals surface area contributed by atoms with Crippen LogP contribution in [-0.4, -0.2) is 57.1 Å². The van der Waals surface area contributed by atoms with E-state index in [0.29, 0.717) is 42.6 Å². The van der Waals surface area contributed by atoms with E-state index in [-0.39, 0.29) is 11.7 Å². The Labute approximate surface area is 227 Å². The molecule has 4 heterocycles. The maximum absolute atomic E-state index is 13.5. The smallest absolute Gasteiger partial charge is 0.421 e. The molecule has 1 saturated heterocycles. The molecule has 10 heteroatoms. The maximum atomic E-state index is 13.5. The molecule has 2 fully saturated rings. The lowest BCUT2D eigenvalue weighted by Gasteiger charge is -2.27. The second-order valence-corrected chi connectivity index (χ2v) is 10.8. The molecule has 1 aliphatic carbocycles. The predicted molar refractivity (Wildman–Crippen MR) is 145 cm³/mol. The van der Waals surface area contributed by atoms with Crippen LogP contribution in [0.5, 0.6) is 0 Å². The van der Waals surface area contributed by atoms with Crippen LogP contribution >= 0.6 is 0 Å². The van der Waals surface area contributed by atoms with E-state index < -0.39 is 11.7 Å². The molecule has 2 amide bonds. The summed E-state index contributed by atoms with van der Waals surface area (Å²) >= 11 is 0. The number of nitriles is 1. The largest absolute Gasteiger partial charge is 0.443 e. The summed E-state index contributed by atoms with van der Waals surface area (Å²) in [5, 5.41) is 12.3. The third-order valence-electron chi connectivity index (χ3n) is 6.41. The number of carbonyl (C=O) groups excluding carboxylic acids is 2. The summed E-state index contributed by atoms with van der Waals surface area (Å²) in [6, 6.07) is 13.1. The average Bonchev–Trinajstić information content (AvgIpc) is 3.74. The first-order chi connectivity index (χ1) is 18.7. The number of amides is 2. The highest BCUT2D eigenvalue weighted by molar-refractivity contribution is 5.94. The summed E-state index contributed by atoms with van der Waals surface area (Å²) in [5.41, 5.74) is 3.08. The summed E-state index contributed by atoms with van der Waals surface area (Å²) in [6.45, 7) is 7.66. The van der Waals surface area contributed by atoms with Crippen molar-refractivity contribution in [2.45, 2.75) is 51.7 Å². The number of aromatic nitrogens is 3. The van der Waals surface area contributed by atoms with Crippen LogP contribution in [-0.2, 0) is 16.1 Å². The van der Waals surface area contributed by atoms with Crippen molar-refractivity contribution in [3.63, 3.8) is 0 Å². The molecule has 10 nitrogen and oxygen atoms in total. The van der Waals surface area contributed by atoms with Gasteiger partial charge in [0.05, 0.1) is 29.6 Å². The predicted octanol–water partition coefficient (Wildman–Crippen LogP) is 4.29. The number of carbonyl (C=O) groups is 2. The fraction of sp³-hybridized carbons (Fsp3) is 0.379. The quantitative estimate of drug-likeness (QED) is 0.505. The van der Waals surface area contributed by atoms with Gasteiger partial charge in [0.1, 0.15) is 17.2 Å². The second-order valence-electron chi connectivity index (χ2n) is 10.8. The minimum atomic E-state index is -0.746. The SMILES string of the molecule is CC(C)(C)OC(=O)N(c1cc(C#N)ccn1)c1cc(C2CC2)cc(-c2ccnc(CN3CCNC(=O)C3)c2)n1. The van der Waals surface area contributed by atoms with Gasteiger partial charge in [0.25, 0.3) is 0 Å². The number of piperazine rings is 1. The lowest BCUT2D eigenvalue weighted by molar-refractivity contribution is -0.124. The van der Waals surface area contributed by atoms with Gasteiger partial charge in [0.2, 0.25) is 5.91 Å². The molecule has 3 aromatic rings. The fourth-order valence-electron chi connectivity index (χ4n) is 4.45. The minimum absolute atomic E-state index is 0.0113. The van der Waals surface area contributed by atoms with Crippen LogP contribution in [0.25, 0.3) is 11.3 Å². The van der Waals surface area contributed by atoms with Crippen molar-refractivity contribution in [3.8, 4) is 17.3 Å². The minimum Gasteiger partial charge on any atom is -0.443 e. The molecule has 0 unspecified atom stereocenters. The van der Waals surface area contributed by atoms with Crippen LogP contribution in [0.4, 0.5) is 16.4 Å². The molecular weight excluding hydrogens is 494 g/mol. The van der Waals surface area contributed by atoms with Gasteiger partial charge < -0.3 is 10.1 Å². The molecule has 200 valence electrons. The van der Waals surface area contributed by atoms with Crippen LogP contribution < -0.4 is 10.2 Å². The third-order valence-corrected chi connectivity index (χ3v) is 6.41. The molecule has 2 aliphatic rings. The van der Waals surface area contributed by atoms with E-state index in [1.165, 1.54) is 11.1 Å². The Morgan fingerprint density at radius 1 is 1.15 bits per heavy atom. The van der Waals surface area contributed by atoms with Gasteiger partial charge in [-0.25, -0.2) is 19.7 Å².